The van der Waals surface area contributed by atoms with Crippen molar-refractivity contribution in [2.75, 3.05) is 21.6 Å². The maximum Gasteiger partial charge on any atom is 0.260 e. The molecule has 0 radical (unpaired) electrons. The van der Waals surface area contributed by atoms with Crippen molar-refractivity contribution in [1.82, 2.24) is 4.98 Å². The van der Waals surface area contributed by atoms with E-state index in [1.165, 1.54) is 17.6 Å². The fourth-order valence-corrected chi connectivity index (χ4v) is 3.93. The van der Waals surface area contributed by atoms with Crippen LogP contribution in [0.4, 0.5) is 16.5 Å². The first-order chi connectivity index (χ1) is 14.1. The van der Waals surface area contributed by atoms with E-state index in [0.717, 1.165) is 11.8 Å². The summed E-state index contributed by atoms with van der Waals surface area (Å²) in [4.78, 5) is 28.8. The van der Waals surface area contributed by atoms with Crippen molar-refractivity contribution >= 4 is 49.7 Å². The van der Waals surface area contributed by atoms with E-state index in [4.69, 9.17) is 4.42 Å². The van der Waals surface area contributed by atoms with E-state index in [2.05, 4.69) is 20.3 Å². The zero-order valence-corrected chi connectivity index (χ0v) is 18.1. The van der Waals surface area contributed by atoms with Crippen LogP contribution in [0.25, 0.3) is 0 Å². The van der Waals surface area contributed by atoms with Crippen LogP contribution in [-0.4, -0.2) is 31.5 Å². The summed E-state index contributed by atoms with van der Waals surface area (Å²) in [5, 5.41) is 7.45. The van der Waals surface area contributed by atoms with Gasteiger partial charge in [-0.15, -0.1) is 11.3 Å². The van der Waals surface area contributed by atoms with Gasteiger partial charge in [-0.25, -0.2) is 13.4 Å². The number of aryl methyl sites for hydroxylation is 2. The fraction of sp³-hybridized carbons (Fsp3) is 0.211. The third kappa shape index (κ3) is 5.67. The van der Waals surface area contributed by atoms with Gasteiger partial charge in [0, 0.05) is 11.1 Å². The maximum absolute atomic E-state index is 12.3. The summed E-state index contributed by atoms with van der Waals surface area (Å²) in [6.07, 6.45) is 2.49. The minimum absolute atomic E-state index is 0.000175. The molecule has 0 aliphatic heterocycles. The zero-order chi connectivity index (χ0) is 21.9. The standard InChI is InChI=1S/C19H20N4O5S2/c1-11-4-5-13(8-16(11)23-30(3,26)27)20-17(24)9-14-10-29-19(21-14)22-18(25)15-6-7-28-12(15)2/h4-8,10,23H,9H2,1-3H3,(H,20,24)(H,21,22,25). The van der Waals surface area contributed by atoms with Crippen LogP contribution in [-0.2, 0) is 21.2 Å². The average molecular weight is 449 g/mol. The normalized spacial score (nSPS) is 11.2. The SMILES string of the molecule is Cc1ccc(NC(=O)Cc2csc(NC(=O)c3ccoc3C)n2)cc1NS(C)(=O)=O. The van der Waals surface area contributed by atoms with Crippen LogP contribution in [0.2, 0.25) is 0 Å². The highest BCUT2D eigenvalue weighted by atomic mass is 32.2. The smallest absolute Gasteiger partial charge is 0.260 e. The number of sulfonamides is 1. The molecule has 3 aromatic rings. The monoisotopic (exact) mass is 448 g/mol. The van der Waals surface area contributed by atoms with E-state index in [1.54, 1.807) is 43.5 Å². The molecule has 0 saturated carbocycles. The lowest BCUT2D eigenvalue weighted by Gasteiger charge is -2.11. The molecule has 0 unspecified atom stereocenters. The van der Waals surface area contributed by atoms with E-state index >= 15 is 0 Å². The highest BCUT2D eigenvalue weighted by Gasteiger charge is 2.15. The first-order valence-corrected chi connectivity index (χ1v) is 11.6. The Labute approximate surface area is 177 Å². The number of hydrogen-bond acceptors (Lipinski definition) is 7. The summed E-state index contributed by atoms with van der Waals surface area (Å²) >= 11 is 1.21. The number of furan rings is 1. The molecule has 1 aromatic carbocycles. The number of aromatic nitrogens is 1. The molecule has 2 heterocycles. The Kier molecular flexibility index (Phi) is 6.22. The second-order valence-electron chi connectivity index (χ2n) is 6.62. The number of thiazole rings is 1. The Morgan fingerprint density at radius 1 is 1.17 bits per heavy atom. The minimum atomic E-state index is -3.43. The molecule has 0 aliphatic carbocycles. The summed E-state index contributed by atoms with van der Waals surface area (Å²) in [6.45, 7) is 3.45. The second kappa shape index (κ2) is 8.67. The van der Waals surface area contributed by atoms with Gasteiger partial charge >= 0.3 is 0 Å². The quantitative estimate of drug-likeness (QED) is 0.509. The summed E-state index contributed by atoms with van der Waals surface area (Å²) < 4.78 is 30.4. The number of amides is 2. The van der Waals surface area contributed by atoms with Gasteiger partial charge in [0.05, 0.1) is 35.9 Å². The molecule has 2 amide bonds. The molecule has 9 nitrogen and oxygen atoms in total. The first-order valence-electron chi connectivity index (χ1n) is 8.79. The van der Waals surface area contributed by atoms with Crippen LogP contribution in [0.15, 0.2) is 40.3 Å². The van der Waals surface area contributed by atoms with Crippen LogP contribution < -0.4 is 15.4 Å². The molecule has 158 valence electrons. The molecular weight excluding hydrogens is 428 g/mol. The van der Waals surface area contributed by atoms with Gasteiger partial charge in [0.15, 0.2) is 5.13 Å². The third-order valence-corrected chi connectivity index (χ3v) is 5.43. The largest absolute Gasteiger partial charge is 0.469 e. The maximum atomic E-state index is 12.3. The summed E-state index contributed by atoms with van der Waals surface area (Å²) in [5.74, 6) is -0.151. The van der Waals surface area contributed by atoms with Gasteiger partial charge in [-0.1, -0.05) is 6.07 Å². The van der Waals surface area contributed by atoms with Crippen molar-refractivity contribution in [3.8, 4) is 0 Å². The molecule has 3 rings (SSSR count). The van der Waals surface area contributed by atoms with E-state index < -0.39 is 10.0 Å². The lowest BCUT2D eigenvalue weighted by molar-refractivity contribution is -0.115. The average Bonchev–Trinajstić information content (AvgIpc) is 3.25. The van der Waals surface area contributed by atoms with Gasteiger partial charge < -0.3 is 9.73 Å². The van der Waals surface area contributed by atoms with Gasteiger partial charge in [0.1, 0.15) is 5.76 Å². The molecule has 0 bridgehead atoms. The third-order valence-electron chi connectivity index (χ3n) is 4.03. The number of hydrogen-bond donors (Lipinski definition) is 3. The fourth-order valence-electron chi connectivity index (χ4n) is 2.61. The predicted octanol–water partition coefficient (Wildman–Crippen LogP) is 3.16. The topological polar surface area (TPSA) is 130 Å². The lowest BCUT2D eigenvalue weighted by Crippen LogP contribution is -2.16. The van der Waals surface area contributed by atoms with Crippen LogP contribution >= 0.6 is 11.3 Å². The number of nitrogens with zero attached hydrogens (tertiary/aromatic N) is 1. The zero-order valence-electron chi connectivity index (χ0n) is 16.5. The van der Waals surface area contributed by atoms with Gasteiger partial charge in [0.25, 0.3) is 5.91 Å². The second-order valence-corrected chi connectivity index (χ2v) is 9.22. The Balaban J connectivity index is 1.61. The molecule has 0 aliphatic rings. The summed E-state index contributed by atoms with van der Waals surface area (Å²) in [7, 11) is -3.43. The lowest BCUT2D eigenvalue weighted by atomic mass is 10.2. The Bertz CT molecular complexity index is 1200. The van der Waals surface area contributed by atoms with Crippen LogP contribution in [0.3, 0.4) is 0 Å². The molecule has 0 saturated heterocycles. The van der Waals surface area contributed by atoms with Gasteiger partial charge in [-0.05, 0) is 37.6 Å². The number of carbonyl (C=O) groups is 2. The van der Waals surface area contributed by atoms with E-state index in [1.807, 2.05) is 0 Å². The van der Waals surface area contributed by atoms with Gasteiger partial charge in [-0.3, -0.25) is 19.6 Å². The van der Waals surface area contributed by atoms with E-state index in [9.17, 15) is 18.0 Å². The highest BCUT2D eigenvalue weighted by Crippen LogP contribution is 2.22. The number of nitrogens with one attached hydrogen (secondary N) is 3. The molecular formula is C19H20N4O5S2. The summed E-state index contributed by atoms with van der Waals surface area (Å²) in [5.41, 5.74) is 2.49. The molecule has 0 fully saturated rings. The molecule has 11 heteroatoms. The van der Waals surface area contributed by atoms with E-state index in [-0.39, 0.29) is 18.2 Å². The molecule has 3 N–H and O–H groups in total. The summed E-state index contributed by atoms with van der Waals surface area (Å²) in [6, 6.07) is 6.51. The Morgan fingerprint density at radius 2 is 1.93 bits per heavy atom. The van der Waals surface area contributed by atoms with Gasteiger partial charge in [0.2, 0.25) is 15.9 Å². The van der Waals surface area contributed by atoms with Crippen LogP contribution in [0, 0.1) is 13.8 Å². The van der Waals surface area contributed by atoms with Crippen molar-refractivity contribution in [2.24, 2.45) is 0 Å². The van der Waals surface area contributed by atoms with Crippen molar-refractivity contribution in [1.29, 1.82) is 0 Å². The highest BCUT2D eigenvalue weighted by molar-refractivity contribution is 7.92. The van der Waals surface area contributed by atoms with Crippen molar-refractivity contribution in [3.05, 3.63) is 58.5 Å². The molecule has 30 heavy (non-hydrogen) atoms. The Hall–Kier alpha value is -3.18. The molecule has 0 atom stereocenters. The van der Waals surface area contributed by atoms with Crippen molar-refractivity contribution in [2.45, 2.75) is 20.3 Å². The van der Waals surface area contributed by atoms with Crippen LogP contribution in [0.5, 0.6) is 0 Å². The number of carbonyl (C=O) groups excluding carboxylic acids is 2. The number of benzene rings is 1. The van der Waals surface area contributed by atoms with Crippen LogP contribution in [0.1, 0.15) is 27.4 Å². The van der Waals surface area contributed by atoms with Crippen molar-refractivity contribution in [3.63, 3.8) is 0 Å². The number of anilines is 3. The van der Waals surface area contributed by atoms with Crippen molar-refractivity contribution < 1.29 is 22.4 Å². The minimum Gasteiger partial charge on any atom is -0.469 e. The predicted molar refractivity (Wildman–Crippen MR) is 115 cm³/mol. The molecule has 0 spiro atoms. The number of rotatable bonds is 7. The Morgan fingerprint density at radius 3 is 2.60 bits per heavy atom. The van der Waals surface area contributed by atoms with Gasteiger partial charge in [-0.2, -0.15) is 0 Å². The molecule has 2 aromatic heterocycles. The first kappa shape index (κ1) is 21.5. The van der Waals surface area contributed by atoms with E-state index in [0.29, 0.717) is 33.5 Å².